The number of aliphatic hydroxyl groups excluding tert-OH is 2. The van der Waals surface area contributed by atoms with Gasteiger partial charge in [0.15, 0.2) is 0 Å². The molecule has 7 nitrogen and oxygen atoms in total. The molecule has 1 aromatic heterocycles. The largest absolute Gasteiger partial charge is 0.394 e. The Labute approximate surface area is 97.5 Å². The van der Waals surface area contributed by atoms with Crippen LogP contribution in [0.4, 0.5) is 5.82 Å². The first kappa shape index (κ1) is 12.0. The van der Waals surface area contributed by atoms with Crippen LogP contribution in [0.15, 0.2) is 17.1 Å². The van der Waals surface area contributed by atoms with Crippen molar-refractivity contribution in [1.29, 1.82) is 0 Å². The normalized spacial score (nSPS) is 29.2. The van der Waals surface area contributed by atoms with Gasteiger partial charge in [-0.25, -0.2) is 4.79 Å². The molecule has 1 aliphatic heterocycles. The minimum Gasteiger partial charge on any atom is -0.394 e. The van der Waals surface area contributed by atoms with Crippen LogP contribution in [0.3, 0.4) is 0 Å². The zero-order valence-electron chi connectivity index (χ0n) is 9.19. The van der Waals surface area contributed by atoms with Crippen molar-refractivity contribution in [2.75, 3.05) is 18.9 Å². The third-order valence-electron chi connectivity index (χ3n) is 2.87. The topological polar surface area (TPSA) is 111 Å². The number of nitrogens with zero attached hydrogens (tertiary/aromatic N) is 2. The second-order valence-corrected chi connectivity index (χ2v) is 4.05. The van der Waals surface area contributed by atoms with Crippen LogP contribution in [0.25, 0.3) is 0 Å². The minimum absolute atomic E-state index is 0.164. The lowest BCUT2D eigenvalue weighted by Gasteiger charge is -2.32. The van der Waals surface area contributed by atoms with Crippen molar-refractivity contribution in [2.45, 2.75) is 24.7 Å². The minimum atomic E-state index is -0.789. The van der Waals surface area contributed by atoms with Gasteiger partial charge in [0.1, 0.15) is 11.9 Å². The summed E-state index contributed by atoms with van der Waals surface area (Å²) in [7, 11) is 0. The van der Waals surface area contributed by atoms with Gasteiger partial charge in [0, 0.05) is 6.20 Å². The average molecular weight is 241 g/mol. The number of nitrogens with two attached hydrogens (primary N) is 1. The van der Waals surface area contributed by atoms with Crippen LogP contribution in [-0.4, -0.2) is 45.2 Å². The number of nitrogen functional groups attached to an aromatic ring is 1. The van der Waals surface area contributed by atoms with Crippen LogP contribution < -0.4 is 11.4 Å². The van der Waals surface area contributed by atoms with E-state index in [1.165, 1.54) is 16.8 Å². The van der Waals surface area contributed by atoms with Gasteiger partial charge in [-0.2, -0.15) is 4.98 Å². The van der Waals surface area contributed by atoms with Gasteiger partial charge in [0.2, 0.25) is 0 Å². The van der Waals surface area contributed by atoms with Crippen LogP contribution in [0, 0.1) is 0 Å². The molecule has 3 atom stereocenters. The standard InChI is InChI=1S/C10H15N3O4/c11-9-1-2-13(10(16)12-9)6-3-7(15)8(4-14)17-5-6/h1-2,6-8,14-15H,3-5H2,(H2,11,12,16)/t6-,7+,8?/m1/s1. The number of anilines is 1. The van der Waals surface area contributed by atoms with Gasteiger partial charge in [-0.3, -0.25) is 4.57 Å². The molecule has 1 unspecified atom stereocenters. The number of aromatic nitrogens is 2. The molecule has 0 bridgehead atoms. The van der Waals surface area contributed by atoms with E-state index in [1.807, 2.05) is 0 Å². The molecule has 0 amide bonds. The molecule has 0 radical (unpaired) electrons. The van der Waals surface area contributed by atoms with Gasteiger partial charge >= 0.3 is 5.69 Å². The molecule has 2 heterocycles. The van der Waals surface area contributed by atoms with Gasteiger partial charge < -0.3 is 20.7 Å². The molecule has 1 aromatic rings. The molecule has 1 aliphatic rings. The predicted molar refractivity (Wildman–Crippen MR) is 59.4 cm³/mol. The second-order valence-electron chi connectivity index (χ2n) is 4.05. The van der Waals surface area contributed by atoms with E-state index >= 15 is 0 Å². The van der Waals surface area contributed by atoms with Crippen molar-refractivity contribution in [3.63, 3.8) is 0 Å². The van der Waals surface area contributed by atoms with Gasteiger partial charge in [0.05, 0.1) is 25.4 Å². The predicted octanol–water partition coefficient (Wildman–Crippen LogP) is -1.49. The summed E-state index contributed by atoms with van der Waals surface area (Å²) in [6.45, 7) is 0.0244. The highest BCUT2D eigenvalue weighted by molar-refractivity contribution is 5.23. The highest BCUT2D eigenvalue weighted by atomic mass is 16.5. The SMILES string of the molecule is Nc1ccn([C@H]2COC(CO)[C@@H](O)C2)c(=O)n1. The Morgan fingerprint density at radius 3 is 3.00 bits per heavy atom. The third kappa shape index (κ3) is 2.46. The van der Waals surface area contributed by atoms with Gasteiger partial charge in [-0.15, -0.1) is 0 Å². The van der Waals surface area contributed by atoms with Crippen LogP contribution >= 0.6 is 0 Å². The summed E-state index contributed by atoms with van der Waals surface area (Å²) in [5.41, 5.74) is 4.93. The Hall–Kier alpha value is -1.44. The maximum Gasteiger partial charge on any atom is 0.349 e. The smallest absolute Gasteiger partial charge is 0.349 e. The van der Waals surface area contributed by atoms with Crippen molar-refractivity contribution in [2.24, 2.45) is 0 Å². The van der Waals surface area contributed by atoms with Crippen molar-refractivity contribution in [1.82, 2.24) is 9.55 Å². The number of hydrogen-bond acceptors (Lipinski definition) is 6. The summed E-state index contributed by atoms with van der Waals surface area (Å²) in [5, 5.41) is 18.6. The Morgan fingerprint density at radius 2 is 2.41 bits per heavy atom. The molecule has 2 rings (SSSR count). The highest BCUT2D eigenvalue weighted by Crippen LogP contribution is 2.22. The summed E-state index contributed by atoms with van der Waals surface area (Å²) in [5.74, 6) is 0.164. The third-order valence-corrected chi connectivity index (χ3v) is 2.87. The molecule has 1 saturated heterocycles. The van der Waals surface area contributed by atoms with E-state index in [-0.39, 0.29) is 25.1 Å². The summed E-state index contributed by atoms with van der Waals surface area (Å²) in [4.78, 5) is 15.2. The average Bonchev–Trinajstić information content (AvgIpc) is 2.29. The first-order chi connectivity index (χ1) is 8.11. The van der Waals surface area contributed by atoms with E-state index in [4.69, 9.17) is 15.6 Å². The summed E-state index contributed by atoms with van der Waals surface area (Å²) in [6.07, 6.45) is 0.508. The first-order valence-corrected chi connectivity index (χ1v) is 5.37. The monoisotopic (exact) mass is 241 g/mol. The van der Waals surface area contributed by atoms with Gasteiger partial charge in [-0.05, 0) is 12.5 Å². The maximum absolute atomic E-state index is 11.6. The Kier molecular flexibility index (Phi) is 3.41. The maximum atomic E-state index is 11.6. The van der Waals surface area contributed by atoms with Gasteiger partial charge in [0.25, 0.3) is 0 Å². The molecule has 0 aromatic carbocycles. The summed E-state index contributed by atoms with van der Waals surface area (Å²) in [6, 6.07) is 1.24. The lowest BCUT2D eigenvalue weighted by atomic mass is 10.0. The Bertz CT molecular complexity index is 447. The van der Waals surface area contributed by atoms with E-state index in [2.05, 4.69) is 4.98 Å². The fourth-order valence-corrected chi connectivity index (χ4v) is 1.92. The van der Waals surface area contributed by atoms with Crippen molar-refractivity contribution < 1.29 is 14.9 Å². The van der Waals surface area contributed by atoms with Crippen LogP contribution in [0.5, 0.6) is 0 Å². The van der Waals surface area contributed by atoms with E-state index in [0.717, 1.165) is 0 Å². The molecule has 94 valence electrons. The van der Waals surface area contributed by atoms with Crippen LogP contribution in [0.2, 0.25) is 0 Å². The molecule has 17 heavy (non-hydrogen) atoms. The first-order valence-electron chi connectivity index (χ1n) is 5.37. The van der Waals surface area contributed by atoms with E-state index in [9.17, 15) is 9.90 Å². The molecule has 1 fully saturated rings. The molecule has 0 spiro atoms. The van der Waals surface area contributed by atoms with Crippen molar-refractivity contribution in [3.05, 3.63) is 22.7 Å². The molecule has 7 heteroatoms. The molecule has 0 saturated carbocycles. The quantitative estimate of drug-likeness (QED) is 0.581. The van der Waals surface area contributed by atoms with Gasteiger partial charge in [-0.1, -0.05) is 0 Å². The number of hydrogen-bond donors (Lipinski definition) is 3. The second kappa shape index (κ2) is 4.82. The number of rotatable bonds is 2. The fourth-order valence-electron chi connectivity index (χ4n) is 1.92. The zero-order valence-corrected chi connectivity index (χ0v) is 9.19. The van der Waals surface area contributed by atoms with Crippen LogP contribution in [-0.2, 0) is 4.74 Å². The Balaban J connectivity index is 2.16. The lowest BCUT2D eigenvalue weighted by molar-refractivity contribution is -0.113. The summed E-state index contributed by atoms with van der Waals surface area (Å²) >= 11 is 0. The fraction of sp³-hybridized carbons (Fsp3) is 0.600. The lowest BCUT2D eigenvalue weighted by Crippen LogP contribution is -2.43. The number of aliphatic hydroxyl groups is 2. The van der Waals surface area contributed by atoms with Crippen molar-refractivity contribution >= 4 is 5.82 Å². The molecule has 4 N–H and O–H groups in total. The number of ether oxygens (including phenoxy) is 1. The van der Waals surface area contributed by atoms with Crippen molar-refractivity contribution in [3.8, 4) is 0 Å². The highest BCUT2D eigenvalue weighted by Gasteiger charge is 2.30. The zero-order chi connectivity index (χ0) is 12.4. The molecular weight excluding hydrogens is 226 g/mol. The Morgan fingerprint density at radius 1 is 1.65 bits per heavy atom. The molecular formula is C10H15N3O4. The summed E-state index contributed by atoms with van der Waals surface area (Å²) < 4.78 is 6.66. The van der Waals surface area contributed by atoms with E-state index in [0.29, 0.717) is 6.42 Å². The van der Waals surface area contributed by atoms with E-state index in [1.54, 1.807) is 0 Å². The van der Waals surface area contributed by atoms with Crippen LogP contribution in [0.1, 0.15) is 12.5 Å². The molecule has 0 aliphatic carbocycles. The van der Waals surface area contributed by atoms with E-state index < -0.39 is 17.9 Å².